The summed E-state index contributed by atoms with van der Waals surface area (Å²) in [5.41, 5.74) is 2.94. The molecule has 0 aliphatic heterocycles. The van der Waals surface area contributed by atoms with Crippen LogP contribution in [0, 0.1) is 23.7 Å². The quantitative estimate of drug-likeness (QED) is 0.423. The molecule has 0 radical (unpaired) electrons. The molecule has 0 aromatic rings. The van der Waals surface area contributed by atoms with E-state index in [1.807, 2.05) is 6.92 Å². The van der Waals surface area contributed by atoms with Crippen LogP contribution in [0.3, 0.4) is 0 Å². The Hall–Kier alpha value is -0.520. The van der Waals surface area contributed by atoms with Crippen LogP contribution in [0.1, 0.15) is 52.4 Å². The van der Waals surface area contributed by atoms with Gasteiger partial charge in [-0.2, -0.15) is 0 Å². The summed E-state index contributed by atoms with van der Waals surface area (Å²) in [7, 11) is 0. The molecule has 1 unspecified atom stereocenters. The fourth-order valence-corrected chi connectivity index (χ4v) is 2.57. The molecule has 1 aliphatic carbocycles. The molecule has 1 aliphatic rings. The highest BCUT2D eigenvalue weighted by Gasteiger charge is 2.25. The van der Waals surface area contributed by atoms with Crippen LogP contribution in [0.25, 0.3) is 0 Å². The fraction of sp³-hybridized carbons (Fsp3) is 0.846. The number of rotatable bonds is 4. The third-order valence-corrected chi connectivity index (χ3v) is 3.75. The first-order chi connectivity index (χ1) is 7.31. The molecule has 2 heteroatoms. The van der Waals surface area contributed by atoms with E-state index in [9.17, 15) is 0 Å². The van der Waals surface area contributed by atoms with Crippen molar-refractivity contribution in [2.45, 2.75) is 58.4 Å². The van der Waals surface area contributed by atoms with Gasteiger partial charge < -0.3 is 0 Å². The van der Waals surface area contributed by atoms with Gasteiger partial charge in [-0.25, -0.2) is 0 Å². The van der Waals surface area contributed by atoms with E-state index >= 15 is 0 Å². The molecule has 0 spiro atoms. The Morgan fingerprint density at radius 3 is 2.47 bits per heavy atom. The van der Waals surface area contributed by atoms with Crippen molar-refractivity contribution in [2.75, 3.05) is 0 Å². The van der Waals surface area contributed by atoms with Crippen LogP contribution < -0.4 is 11.3 Å². The molecule has 1 rings (SSSR count). The maximum absolute atomic E-state index is 5.59. The topological polar surface area (TPSA) is 38.0 Å². The van der Waals surface area contributed by atoms with Gasteiger partial charge in [-0.05, 0) is 31.6 Å². The fourth-order valence-electron chi connectivity index (χ4n) is 2.57. The van der Waals surface area contributed by atoms with Crippen molar-refractivity contribution in [1.29, 1.82) is 0 Å². The van der Waals surface area contributed by atoms with Crippen molar-refractivity contribution in [3.8, 4) is 11.8 Å². The van der Waals surface area contributed by atoms with Crippen molar-refractivity contribution < 1.29 is 0 Å². The summed E-state index contributed by atoms with van der Waals surface area (Å²) < 4.78 is 0. The van der Waals surface area contributed by atoms with Crippen LogP contribution in [-0.4, -0.2) is 6.04 Å². The van der Waals surface area contributed by atoms with E-state index in [2.05, 4.69) is 24.2 Å². The molecular formula is C13H24N2. The van der Waals surface area contributed by atoms with Crippen LogP contribution in [0.15, 0.2) is 0 Å². The van der Waals surface area contributed by atoms with Crippen molar-refractivity contribution in [3.63, 3.8) is 0 Å². The lowest BCUT2D eigenvalue weighted by Gasteiger charge is -2.32. The molecule has 0 heterocycles. The van der Waals surface area contributed by atoms with Crippen LogP contribution >= 0.6 is 0 Å². The maximum atomic E-state index is 5.59. The van der Waals surface area contributed by atoms with Gasteiger partial charge >= 0.3 is 0 Å². The minimum atomic E-state index is 0.398. The maximum Gasteiger partial charge on any atom is 0.0348 e. The average molecular weight is 208 g/mol. The molecule has 86 valence electrons. The van der Waals surface area contributed by atoms with E-state index in [0.29, 0.717) is 6.04 Å². The molecule has 2 nitrogen and oxygen atoms in total. The van der Waals surface area contributed by atoms with E-state index < -0.39 is 0 Å². The highest BCUT2D eigenvalue weighted by atomic mass is 15.2. The van der Waals surface area contributed by atoms with E-state index in [1.54, 1.807) is 0 Å². The van der Waals surface area contributed by atoms with Crippen molar-refractivity contribution in [1.82, 2.24) is 5.43 Å². The van der Waals surface area contributed by atoms with Gasteiger partial charge in [0.2, 0.25) is 0 Å². The van der Waals surface area contributed by atoms with Gasteiger partial charge in [0.15, 0.2) is 0 Å². The van der Waals surface area contributed by atoms with Crippen molar-refractivity contribution in [2.24, 2.45) is 17.7 Å². The lowest BCUT2D eigenvalue weighted by molar-refractivity contribution is 0.220. The summed E-state index contributed by atoms with van der Waals surface area (Å²) in [4.78, 5) is 0. The Morgan fingerprint density at radius 1 is 1.33 bits per heavy atom. The molecule has 1 saturated carbocycles. The predicted octanol–water partition coefficient (Wildman–Crippen LogP) is 2.45. The number of nitrogens with two attached hydrogens (primary N) is 1. The number of nitrogens with one attached hydrogen (secondary N) is 1. The molecule has 0 aromatic carbocycles. The Balaban J connectivity index is 2.37. The van der Waals surface area contributed by atoms with Gasteiger partial charge in [-0.1, -0.05) is 26.2 Å². The Labute approximate surface area is 94.0 Å². The summed E-state index contributed by atoms with van der Waals surface area (Å²) in [5.74, 6) is 13.4. The van der Waals surface area contributed by atoms with Crippen LogP contribution in [0.2, 0.25) is 0 Å². The van der Waals surface area contributed by atoms with E-state index in [-0.39, 0.29) is 0 Å². The van der Waals surface area contributed by atoms with Crippen molar-refractivity contribution in [3.05, 3.63) is 0 Å². The van der Waals surface area contributed by atoms with Gasteiger partial charge in [-0.15, -0.1) is 11.8 Å². The van der Waals surface area contributed by atoms with Crippen LogP contribution in [0.5, 0.6) is 0 Å². The minimum Gasteiger partial charge on any atom is -0.271 e. The summed E-state index contributed by atoms with van der Waals surface area (Å²) in [6.07, 6.45) is 7.62. The summed E-state index contributed by atoms with van der Waals surface area (Å²) >= 11 is 0. The molecule has 3 N–H and O–H groups in total. The zero-order chi connectivity index (χ0) is 11.1. The number of hydrogen-bond acceptors (Lipinski definition) is 2. The molecule has 0 bridgehead atoms. The second-order valence-electron chi connectivity index (χ2n) is 4.59. The highest BCUT2D eigenvalue weighted by molar-refractivity contribution is 4.99. The average Bonchev–Trinajstić information content (AvgIpc) is 2.31. The molecule has 1 fully saturated rings. The lowest BCUT2D eigenvalue weighted by Crippen LogP contribution is -2.42. The third kappa shape index (κ3) is 3.85. The van der Waals surface area contributed by atoms with Gasteiger partial charge in [-0.3, -0.25) is 11.3 Å². The molecular weight excluding hydrogens is 184 g/mol. The smallest absolute Gasteiger partial charge is 0.0348 e. The Bertz CT molecular complexity index is 218. The van der Waals surface area contributed by atoms with Gasteiger partial charge in [0.1, 0.15) is 0 Å². The Morgan fingerprint density at radius 2 is 2.00 bits per heavy atom. The van der Waals surface area contributed by atoms with E-state index in [0.717, 1.165) is 18.3 Å². The second kappa shape index (κ2) is 6.87. The normalized spacial score (nSPS) is 27.9. The second-order valence-corrected chi connectivity index (χ2v) is 4.59. The summed E-state index contributed by atoms with van der Waals surface area (Å²) in [6, 6.07) is 0.398. The molecule has 0 aromatic heterocycles. The van der Waals surface area contributed by atoms with Crippen molar-refractivity contribution >= 4 is 0 Å². The van der Waals surface area contributed by atoms with E-state index in [4.69, 9.17) is 5.84 Å². The number of hydrogen-bond donors (Lipinski definition) is 2. The van der Waals surface area contributed by atoms with Gasteiger partial charge in [0, 0.05) is 12.5 Å². The zero-order valence-electron chi connectivity index (χ0n) is 10.1. The van der Waals surface area contributed by atoms with Gasteiger partial charge in [0.25, 0.3) is 0 Å². The standard InChI is InChI=1S/C13H24N2/c1-3-5-6-13(15-14)12-9-7-11(4-2)8-10-12/h11-13,15H,4,6-10,14H2,1-2H3. The largest absolute Gasteiger partial charge is 0.271 e. The molecule has 15 heavy (non-hydrogen) atoms. The van der Waals surface area contributed by atoms with E-state index in [1.165, 1.54) is 32.1 Å². The molecule has 0 amide bonds. The molecule has 1 atom stereocenters. The SMILES string of the molecule is CC#CCC(NN)C1CCC(CC)CC1. The minimum absolute atomic E-state index is 0.398. The highest BCUT2D eigenvalue weighted by Crippen LogP contribution is 2.32. The Kier molecular flexibility index (Phi) is 5.75. The predicted molar refractivity (Wildman–Crippen MR) is 64.9 cm³/mol. The first-order valence-corrected chi connectivity index (χ1v) is 6.17. The lowest BCUT2D eigenvalue weighted by atomic mass is 9.77. The summed E-state index contributed by atoms with van der Waals surface area (Å²) in [5, 5.41) is 0. The van der Waals surface area contributed by atoms with Crippen LogP contribution in [-0.2, 0) is 0 Å². The monoisotopic (exact) mass is 208 g/mol. The number of hydrazine groups is 1. The zero-order valence-corrected chi connectivity index (χ0v) is 10.1. The van der Waals surface area contributed by atoms with Crippen LogP contribution in [0.4, 0.5) is 0 Å². The summed E-state index contributed by atoms with van der Waals surface area (Å²) in [6.45, 7) is 4.19. The third-order valence-electron chi connectivity index (χ3n) is 3.75. The molecule has 0 saturated heterocycles. The first-order valence-electron chi connectivity index (χ1n) is 6.17. The first kappa shape index (κ1) is 12.5. The van der Waals surface area contributed by atoms with Gasteiger partial charge in [0.05, 0.1) is 0 Å².